The lowest BCUT2D eigenvalue weighted by atomic mass is 10.0. The Morgan fingerprint density at radius 2 is 0.659 bits per heavy atom. The molecule has 0 rings (SSSR count). The van der Waals surface area contributed by atoms with Gasteiger partial charge in [0, 0.05) is 6.42 Å². The van der Waals surface area contributed by atoms with E-state index in [0.717, 1.165) is 44.9 Å². The number of phosphoric ester groups is 1. The quantitative estimate of drug-likeness (QED) is 0.0272. The number of aliphatic hydroxyl groups excluding tert-OH is 1. The Hall–Kier alpha value is -1.02. The van der Waals surface area contributed by atoms with E-state index in [1.165, 1.54) is 353 Å². The Kier molecular flexibility index (Phi) is 69.5. The van der Waals surface area contributed by atoms with Crippen molar-refractivity contribution in [2.75, 3.05) is 40.9 Å². The molecule has 0 aliphatic heterocycles. The summed E-state index contributed by atoms with van der Waals surface area (Å²) in [7, 11) is 1.33. The minimum absolute atomic E-state index is 0.0158. The first-order valence-electron chi connectivity index (χ1n) is 39.7. The Morgan fingerprint density at radius 1 is 0.398 bits per heavy atom. The zero-order chi connectivity index (χ0) is 64.1. The predicted octanol–water partition coefficient (Wildman–Crippen LogP) is 25.2. The van der Waals surface area contributed by atoms with Crippen LogP contribution in [0, 0.1) is 0 Å². The van der Waals surface area contributed by atoms with Crippen molar-refractivity contribution >= 4 is 13.7 Å². The molecule has 2 N–H and O–H groups in total. The van der Waals surface area contributed by atoms with Crippen LogP contribution in [0.2, 0.25) is 0 Å². The molecule has 0 aromatic rings. The lowest BCUT2D eigenvalue weighted by Crippen LogP contribution is -2.46. The number of hydrogen-bond donors (Lipinski definition) is 2. The van der Waals surface area contributed by atoms with Gasteiger partial charge in [-0.15, -0.1) is 0 Å². The van der Waals surface area contributed by atoms with E-state index in [1.807, 2.05) is 21.1 Å². The molecule has 0 heterocycles. The van der Waals surface area contributed by atoms with Crippen molar-refractivity contribution in [2.45, 2.75) is 437 Å². The van der Waals surface area contributed by atoms with Gasteiger partial charge in [0.1, 0.15) is 13.2 Å². The summed E-state index contributed by atoms with van der Waals surface area (Å²) in [6, 6.07) is -0.800. The number of amides is 1. The molecule has 8 nitrogen and oxygen atoms in total. The van der Waals surface area contributed by atoms with Crippen molar-refractivity contribution in [2.24, 2.45) is 0 Å². The second-order valence-electron chi connectivity index (χ2n) is 28.8. The Bertz CT molecular complexity index is 1480. The highest BCUT2D eigenvalue weighted by Gasteiger charge is 2.24. The molecule has 3 atom stereocenters. The minimum Gasteiger partial charge on any atom is -0.756 e. The van der Waals surface area contributed by atoms with Crippen LogP contribution in [0.4, 0.5) is 0 Å². The third kappa shape index (κ3) is 72.4. The smallest absolute Gasteiger partial charge is 0.268 e. The maximum Gasteiger partial charge on any atom is 0.268 e. The van der Waals surface area contributed by atoms with Crippen LogP contribution in [0.5, 0.6) is 0 Å². The predicted molar refractivity (Wildman–Crippen MR) is 385 cm³/mol. The standard InChI is InChI=1S/C79H157N2O6P/c1-6-8-10-12-14-16-18-20-22-24-26-28-30-32-34-36-37-38-39-40-41-42-43-45-47-49-51-53-55-57-59-61-63-65-67-69-71-73-79(83)80-77(76-87-88(84,85)86-75-74-81(3,4)5)78(82)72-70-68-66-64-62-60-58-56-54-52-50-48-46-44-35-33-31-29-27-25-23-21-19-17-15-13-11-9-7-2/h18,20,24,26,77-78,82H,6-17,19,21-23,25,27-76H2,1-5H3,(H-,80,83,84,85)/b20-18-,26-24-. The highest BCUT2D eigenvalue weighted by molar-refractivity contribution is 7.45. The Labute approximate surface area is 551 Å². The summed E-state index contributed by atoms with van der Waals surface area (Å²) >= 11 is 0. The molecule has 88 heavy (non-hydrogen) atoms. The number of hydrogen-bond acceptors (Lipinski definition) is 6. The third-order valence-electron chi connectivity index (χ3n) is 18.7. The number of rotatable bonds is 75. The summed E-state index contributed by atoms with van der Waals surface area (Å²) < 4.78 is 23.6. The normalized spacial score (nSPS) is 13.6. The second kappa shape index (κ2) is 70.3. The molecule has 0 spiro atoms. The number of carbonyl (C=O) groups excluding carboxylic acids is 1. The van der Waals surface area contributed by atoms with Gasteiger partial charge in [0.15, 0.2) is 0 Å². The summed E-state index contributed by atoms with van der Waals surface area (Å²) in [5.41, 5.74) is 0. The molecule has 1 amide bonds. The highest BCUT2D eigenvalue weighted by Crippen LogP contribution is 2.38. The summed E-state index contributed by atoms with van der Waals surface area (Å²) in [5, 5.41) is 14.1. The molecule has 0 fully saturated rings. The van der Waals surface area contributed by atoms with Gasteiger partial charge in [-0.1, -0.05) is 398 Å². The first-order chi connectivity index (χ1) is 43.0. The molecule has 524 valence electrons. The van der Waals surface area contributed by atoms with Gasteiger partial charge in [0.2, 0.25) is 5.91 Å². The topological polar surface area (TPSA) is 108 Å². The number of aliphatic hydroxyl groups is 1. The van der Waals surface area contributed by atoms with Crippen molar-refractivity contribution < 1.29 is 32.9 Å². The van der Waals surface area contributed by atoms with Gasteiger partial charge in [0.05, 0.1) is 39.9 Å². The van der Waals surface area contributed by atoms with Gasteiger partial charge in [-0.2, -0.15) is 0 Å². The molecular formula is C79H157N2O6P. The Balaban J connectivity index is 3.90. The summed E-state index contributed by atoms with van der Waals surface area (Å²) in [4.78, 5) is 25.7. The van der Waals surface area contributed by atoms with Crippen LogP contribution in [0.15, 0.2) is 24.3 Å². The number of phosphoric acid groups is 1. The fourth-order valence-electron chi connectivity index (χ4n) is 12.6. The molecule has 0 aromatic heterocycles. The van der Waals surface area contributed by atoms with Crippen LogP contribution in [0.1, 0.15) is 425 Å². The molecule has 0 radical (unpaired) electrons. The van der Waals surface area contributed by atoms with Crippen LogP contribution in [-0.2, 0) is 18.4 Å². The summed E-state index contributed by atoms with van der Waals surface area (Å²) in [6.07, 6.45) is 93.0. The highest BCUT2D eigenvalue weighted by atomic mass is 31.2. The van der Waals surface area contributed by atoms with E-state index >= 15 is 0 Å². The van der Waals surface area contributed by atoms with Gasteiger partial charge < -0.3 is 28.8 Å². The second-order valence-corrected chi connectivity index (χ2v) is 30.2. The monoisotopic (exact) mass is 1260 g/mol. The number of nitrogens with zero attached hydrogens (tertiary/aromatic N) is 1. The zero-order valence-electron chi connectivity index (χ0n) is 60.2. The number of allylic oxidation sites excluding steroid dienone is 4. The SMILES string of the molecule is CCCCCCC/C=C\C/C=C\CCCCCCCCCCCCCCCCCCCCCCCCCCCC(=O)NC(COP(=O)([O-])OCC[N+](C)(C)C)C(O)CCCCCCCCCCCCCCCCCCCCCCCCCCCCCCC. The molecule has 0 bridgehead atoms. The Morgan fingerprint density at radius 3 is 0.943 bits per heavy atom. The average molecular weight is 1260 g/mol. The van der Waals surface area contributed by atoms with E-state index in [-0.39, 0.29) is 19.1 Å². The van der Waals surface area contributed by atoms with E-state index in [1.54, 1.807) is 0 Å². The molecule has 9 heteroatoms. The number of unbranched alkanes of at least 4 members (excludes halogenated alkanes) is 58. The molecular weight excluding hydrogens is 1100 g/mol. The van der Waals surface area contributed by atoms with Crippen molar-refractivity contribution in [1.29, 1.82) is 0 Å². The average Bonchev–Trinajstić information content (AvgIpc) is 3.70. The van der Waals surface area contributed by atoms with Gasteiger partial charge in [0.25, 0.3) is 7.82 Å². The molecule has 3 unspecified atom stereocenters. The number of nitrogens with one attached hydrogen (secondary N) is 1. The fraction of sp³-hybridized carbons (Fsp3) is 0.937. The molecule has 0 aliphatic carbocycles. The maximum atomic E-state index is 13.1. The molecule has 0 saturated heterocycles. The van der Waals surface area contributed by atoms with Crippen molar-refractivity contribution in [3.63, 3.8) is 0 Å². The fourth-order valence-corrected chi connectivity index (χ4v) is 13.3. The first kappa shape index (κ1) is 87.0. The molecule has 0 saturated carbocycles. The van der Waals surface area contributed by atoms with Crippen molar-refractivity contribution in [3.8, 4) is 0 Å². The number of likely N-dealkylation sites (N-methyl/N-ethyl adjacent to an activating group) is 1. The van der Waals surface area contributed by atoms with Crippen molar-refractivity contribution in [1.82, 2.24) is 5.32 Å². The number of quaternary nitrogens is 1. The summed E-state index contributed by atoms with van der Waals surface area (Å²) in [5.74, 6) is -0.154. The van der Waals surface area contributed by atoms with Gasteiger partial charge >= 0.3 is 0 Å². The van der Waals surface area contributed by atoms with Crippen LogP contribution < -0.4 is 10.2 Å². The lowest BCUT2D eigenvalue weighted by molar-refractivity contribution is -0.870. The van der Waals surface area contributed by atoms with Crippen LogP contribution in [-0.4, -0.2) is 68.5 Å². The van der Waals surface area contributed by atoms with E-state index < -0.39 is 20.0 Å². The molecule has 0 aliphatic rings. The molecule has 0 aromatic carbocycles. The van der Waals surface area contributed by atoms with Crippen LogP contribution >= 0.6 is 7.82 Å². The maximum absolute atomic E-state index is 13.1. The minimum atomic E-state index is -4.58. The van der Waals surface area contributed by atoms with Gasteiger partial charge in [-0.25, -0.2) is 0 Å². The summed E-state index contributed by atoms with van der Waals surface area (Å²) in [6.45, 7) is 4.79. The van der Waals surface area contributed by atoms with Crippen molar-refractivity contribution in [3.05, 3.63) is 24.3 Å². The first-order valence-corrected chi connectivity index (χ1v) is 41.1. The largest absolute Gasteiger partial charge is 0.756 e. The van der Waals surface area contributed by atoms with Crippen LogP contribution in [0.25, 0.3) is 0 Å². The zero-order valence-corrected chi connectivity index (χ0v) is 61.1. The third-order valence-corrected chi connectivity index (χ3v) is 19.7. The van der Waals surface area contributed by atoms with E-state index in [4.69, 9.17) is 9.05 Å². The van der Waals surface area contributed by atoms with E-state index in [9.17, 15) is 19.4 Å². The van der Waals surface area contributed by atoms with Gasteiger partial charge in [-0.3, -0.25) is 9.36 Å². The van der Waals surface area contributed by atoms with Gasteiger partial charge in [-0.05, 0) is 44.9 Å². The van der Waals surface area contributed by atoms with Crippen LogP contribution in [0.3, 0.4) is 0 Å². The van der Waals surface area contributed by atoms with E-state index in [0.29, 0.717) is 23.9 Å². The lowest BCUT2D eigenvalue weighted by Gasteiger charge is -2.30. The number of carbonyl (C=O) groups is 1. The van der Waals surface area contributed by atoms with E-state index in [2.05, 4.69) is 43.5 Å².